The van der Waals surface area contributed by atoms with Crippen LogP contribution in [0.1, 0.15) is 30.4 Å². The highest BCUT2D eigenvalue weighted by Gasteiger charge is 2.29. The van der Waals surface area contributed by atoms with Gasteiger partial charge in [0, 0.05) is 26.2 Å². The zero-order valence-electron chi connectivity index (χ0n) is 17.0. The minimum atomic E-state index is -3.45. The summed E-state index contributed by atoms with van der Waals surface area (Å²) < 4.78 is 33.3. The number of benzene rings is 2. The molecule has 2 heterocycles. The van der Waals surface area contributed by atoms with Crippen molar-refractivity contribution in [3.63, 3.8) is 0 Å². The van der Waals surface area contributed by atoms with Gasteiger partial charge >= 0.3 is 0 Å². The maximum atomic E-state index is 12.9. The molecule has 0 aliphatic carbocycles. The molecule has 154 valence electrons. The van der Waals surface area contributed by atoms with Gasteiger partial charge in [-0.25, -0.2) is 13.4 Å². The minimum Gasteiger partial charge on any atom is -0.439 e. The van der Waals surface area contributed by atoms with Crippen LogP contribution in [-0.4, -0.2) is 48.8 Å². The van der Waals surface area contributed by atoms with Crippen molar-refractivity contribution < 1.29 is 12.8 Å². The van der Waals surface area contributed by atoms with Crippen molar-refractivity contribution in [1.29, 1.82) is 0 Å². The number of hydrogen-bond acceptors (Lipinski definition) is 5. The Bertz CT molecular complexity index is 1080. The number of sulfonamides is 1. The SMILES string of the molecule is CCCc1ccc(S(=O)(=O)N2CCN(Cc3nc4cc(C)ccc4o3)CC2)cc1. The Labute approximate surface area is 172 Å². The molecule has 6 nitrogen and oxygen atoms in total. The standard InChI is InChI=1S/C22H27N3O3S/c1-3-4-18-6-8-19(9-7-18)29(26,27)25-13-11-24(12-14-25)16-22-23-20-15-17(2)5-10-21(20)28-22/h5-10,15H,3-4,11-14,16H2,1-2H3. The summed E-state index contributed by atoms with van der Waals surface area (Å²) in [4.78, 5) is 7.13. The lowest BCUT2D eigenvalue weighted by atomic mass is 10.1. The summed E-state index contributed by atoms with van der Waals surface area (Å²) in [5.74, 6) is 0.674. The number of aromatic nitrogens is 1. The van der Waals surface area contributed by atoms with Crippen LogP contribution in [0.5, 0.6) is 0 Å². The third-order valence-electron chi connectivity index (χ3n) is 5.38. The Morgan fingerprint density at radius 3 is 2.45 bits per heavy atom. The molecule has 1 aliphatic rings. The third kappa shape index (κ3) is 4.37. The van der Waals surface area contributed by atoms with Crippen molar-refractivity contribution in [2.75, 3.05) is 26.2 Å². The maximum Gasteiger partial charge on any atom is 0.243 e. The molecule has 0 amide bonds. The lowest BCUT2D eigenvalue weighted by Crippen LogP contribution is -2.48. The van der Waals surface area contributed by atoms with Gasteiger partial charge in [0.05, 0.1) is 11.4 Å². The molecule has 0 radical (unpaired) electrons. The molecule has 0 unspecified atom stereocenters. The van der Waals surface area contributed by atoms with E-state index in [1.165, 1.54) is 5.56 Å². The maximum absolute atomic E-state index is 12.9. The van der Waals surface area contributed by atoms with Crippen LogP contribution in [0.4, 0.5) is 0 Å². The van der Waals surface area contributed by atoms with E-state index in [1.807, 2.05) is 37.3 Å². The van der Waals surface area contributed by atoms with Crippen molar-refractivity contribution in [2.24, 2.45) is 0 Å². The monoisotopic (exact) mass is 413 g/mol. The van der Waals surface area contributed by atoms with E-state index in [1.54, 1.807) is 16.4 Å². The Hall–Kier alpha value is -2.22. The van der Waals surface area contributed by atoms with E-state index in [9.17, 15) is 8.42 Å². The van der Waals surface area contributed by atoms with E-state index in [0.717, 1.165) is 29.5 Å². The molecule has 0 N–H and O–H groups in total. The van der Waals surface area contributed by atoms with E-state index in [2.05, 4.69) is 16.8 Å². The number of aryl methyl sites for hydroxylation is 2. The van der Waals surface area contributed by atoms with Crippen molar-refractivity contribution in [2.45, 2.75) is 38.1 Å². The molecule has 1 fully saturated rings. The molecule has 1 aliphatic heterocycles. The number of hydrogen-bond donors (Lipinski definition) is 0. The van der Waals surface area contributed by atoms with Crippen molar-refractivity contribution >= 4 is 21.1 Å². The van der Waals surface area contributed by atoms with Crippen LogP contribution in [0.15, 0.2) is 51.8 Å². The molecule has 0 atom stereocenters. The van der Waals surface area contributed by atoms with Gasteiger partial charge in [0.15, 0.2) is 5.58 Å². The first-order valence-electron chi connectivity index (χ1n) is 10.1. The minimum absolute atomic E-state index is 0.375. The van der Waals surface area contributed by atoms with Gasteiger partial charge in [-0.05, 0) is 48.7 Å². The number of fused-ring (bicyclic) bond motifs is 1. The van der Waals surface area contributed by atoms with Gasteiger partial charge in [-0.3, -0.25) is 4.90 Å². The zero-order valence-corrected chi connectivity index (χ0v) is 17.8. The van der Waals surface area contributed by atoms with Gasteiger partial charge in [-0.2, -0.15) is 4.31 Å². The average molecular weight is 414 g/mol. The lowest BCUT2D eigenvalue weighted by Gasteiger charge is -2.33. The Kier molecular flexibility index (Phi) is 5.72. The first-order valence-corrected chi connectivity index (χ1v) is 11.6. The molecule has 1 aromatic heterocycles. The van der Waals surface area contributed by atoms with Crippen LogP contribution in [0.25, 0.3) is 11.1 Å². The van der Waals surface area contributed by atoms with Crippen LogP contribution in [-0.2, 0) is 23.0 Å². The van der Waals surface area contributed by atoms with E-state index in [4.69, 9.17) is 4.42 Å². The van der Waals surface area contributed by atoms with Gasteiger partial charge in [0.1, 0.15) is 5.52 Å². The highest BCUT2D eigenvalue weighted by Crippen LogP contribution is 2.21. The largest absolute Gasteiger partial charge is 0.439 e. The van der Waals surface area contributed by atoms with Gasteiger partial charge in [-0.15, -0.1) is 0 Å². The van der Waals surface area contributed by atoms with Crippen LogP contribution in [0.3, 0.4) is 0 Å². The smallest absolute Gasteiger partial charge is 0.243 e. The predicted octanol–water partition coefficient (Wildman–Crippen LogP) is 3.60. The second-order valence-corrected chi connectivity index (χ2v) is 9.59. The molecule has 0 bridgehead atoms. The molecule has 3 aromatic rings. The Balaban J connectivity index is 1.39. The summed E-state index contributed by atoms with van der Waals surface area (Å²) >= 11 is 0. The summed E-state index contributed by atoms with van der Waals surface area (Å²) in [6.07, 6.45) is 2.02. The number of rotatable bonds is 6. The molecule has 1 saturated heterocycles. The van der Waals surface area contributed by atoms with E-state index < -0.39 is 10.0 Å². The summed E-state index contributed by atoms with van der Waals surface area (Å²) in [5.41, 5.74) is 3.98. The second kappa shape index (κ2) is 8.26. The molecule has 0 saturated carbocycles. The van der Waals surface area contributed by atoms with Crippen LogP contribution >= 0.6 is 0 Å². The summed E-state index contributed by atoms with van der Waals surface area (Å²) in [7, 11) is -3.45. The normalized spacial score (nSPS) is 16.5. The van der Waals surface area contributed by atoms with Crippen molar-refractivity contribution in [3.05, 3.63) is 59.5 Å². The highest BCUT2D eigenvalue weighted by molar-refractivity contribution is 7.89. The van der Waals surface area contributed by atoms with Crippen LogP contribution in [0.2, 0.25) is 0 Å². The highest BCUT2D eigenvalue weighted by atomic mass is 32.2. The van der Waals surface area contributed by atoms with Gasteiger partial charge in [-0.1, -0.05) is 31.5 Å². The molecule has 0 spiro atoms. The second-order valence-electron chi connectivity index (χ2n) is 7.65. The Morgan fingerprint density at radius 1 is 1.03 bits per heavy atom. The quantitative estimate of drug-likeness (QED) is 0.618. The molecule has 4 rings (SSSR count). The van der Waals surface area contributed by atoms with Gasteiger partial charge in [0.2, 0.25) is 15.9 Å². The number of piperazine rings is 1. The van der Waals surface area contributed by atoms with E-state index in [0.29, 0.717) is 43.5 Å². The molecule has 2 aromatic carbocycles. The third-order valence-corrected chi connectivity index (χ3v) is 7.29. The molecular weight excluding hydrogens is 386 g/mol. The van der Waals surface area contributed by atoms with E-state index >= 15 is 0 Å². The fourth-order valence-electron chi connectivity index (χ4n) is 3.74. The predicted molar refractivity (Wildman–Crippen MR) is 113 cm³/mol. The molecular formula is C22H27N3O3S. The molecule has 29 heavy (non-hydrogen) atoms. The van der Waals surface area contributed by atoms with Gasteiger partial charge < -0.3 is 4.42 Å². The van der Waals surface area contributed by atoms with Gasteiger partial charge in [0.25, 0.3) is 0 Å². The summed E-state index contributed by atoms with van der Waals surface area (Å²) in [5, 5.41) is 0. The Morgan fingerprint density at radius 2 is 1.76 bits per heavy atom. The number of nitrogens with zero attached hydrogens (tertiary/aromatic N) is 3. The zero-order chi connectivity index (χ0) is 20.4. The topological polar surface area (TPSA) is 66.7 Å². The van der Waals surface area contributed by atoms with Crippen molar-refractivity contribution in [3.8, 4) is 0 Å². The average Bonchev–Trinajstić information content (AvgIpc) is 3.10. The lowest BCUT2D eigenvalue weighted by molar-refractivity contribution is 0.169. The molecule has 7 heteroatoms. The first kappa shape index (κ1) is 20.1. The van der Waals surface area contributed by atoms with Crippen LogP contribution < -0.4 is 0 Å². The number of oxazole rings is 1. The first-order chi connectivity index (χ1) is 14.0. The summed E-state index contributed by atoms with van der Waals surface area (Å²) in [6.45, 7) is 7.00. The fraction of sp³-hybridized carbons (Fsp3) is 0.409. The van der Waals surface area contributed by atoms with Crippen molar-refractivity contribution in [1.82, 2.24) is 14.2 Å². The van der Waals surface area contributed by atoms with Crippen LogP contribution in [0, 0.1) is 6.92 Å². The van der Waals surface area contributed by atoms with E-state index in [-0.39, 0.29) is 0 Å². The summed E-state index contributed by atoms with van der Waals surface area (Å²) in [6, 6.07) is 13.3. The fourth-order valence-corrected chi connectivity index (χ4v) is 5.16.